The SMILES string of the molecule is CCOc1ccccc1Nc1nncc(N(CC)C2CCS(=O)(=O)C2)n1. The van der Waals surface area contributed by atoms with Crippen LogP contribution in [0.25, 0.3) is 0 Å². The second kappa shape index (κ2) is 7.86. The maximum atomic E-state index is 11.8. The molecule has 8 nitrogen and oxygen atoms in total. The molecule has 1 aromatic heterocycles. The first-order valence-corrected chi connectivity index (χ1v) is 10.5. The van der Waals surface area contributed by atoms with Gasteiger partial charge in [-0.1, -0.05) is 12.1 Å². The fourth-order valence-corrected chi connectivity index (χ4v) is 4.82. The van der Waals surface area contributed by atoms with E-state index in [0.29, 0.717) is 37.1 Å². The van der Waals surface area contributed by atoms with E-state index in [1.54, 1.807) is 6.20 Å². The zero-order chi connectivity index (χ0) is 18.6. The molecule has 0 aliphatic carbocycles. The van der Waals surface area contributed by atoms with E-state index < -0.39 is 9.84 Å². The predicted molar refractivity (Wildman–Crippen MR) is 101 cm³/mol. The van der Waals surface area contributed by atoms with Gasteiger partial charge >= 0.3 is 0 Å². The van der Waals surface area contributed by atoms with Crippen LogP contribution in [0.4, 0.5) is 17.5 Å². The van der Waals surface area contributed by atoms with E-state index in [1.807, 2.05) is 43.0 Å². The van der Waals surface area contributed by atoms with Crippen molar-refractivity contribution in [3.8, 4) is 5.75 Å². The van der Waals surface area contributed by atoms with Gasteiger partial charge in [-0.15, -0.1) is 5.10 Å². The van der Waals surface area contributed by atoms with Crippen molar-refractivity contribution in [1.82, 2.24) is 15.2 Å². The summed E-state index contributed by atoms with van der Waals surface area (Å²) in [5.74, 6) is 2.04. The summed E-state index contributed by atoms with van der Waals surface area (Å²) in [6.07, 6.45) is 2.17. The smallest absolute Gasteiger partial charge is 0.249 e. The number of hydrogen-bond acceptors (Lipinski definition) is 8. The Balaban J connectivity index is 1.82. The quantitative estimate of drug-likeness (QED) is 0.783. The van der Waals surface area contributed by atoms with Gasteiger partial charge in [-0.05, 0) is 32.4 Å². The van der Waals surface area contributed by atoms with Crippen molar-refractivity contribution < 1.29 is 13.2 Å². The summed E-state index contributed by atoms with van der Waals surface area (Å²) >= 11 is 0. The maximum absolute atomic E-state index is 11.8. The van der Waals surface area contributed by atoms with Gasteiger partial charge in [0.05, 0.1) is 30.0 Å². The summed E-state index contributed by atoms with van der Waals surface area (Å²) in [6, 6.07) is 7.45. The third-order valence-electron chi connectivity index (χ3n) is 4.26. The Hall–Kier alpha value is -2.42. The second-order valence-corrected chi connectivity index (χ2v) is 8.26. The van der Waals surface area contributed by atoms with Crippen molar-refractivity contribution in [3.63, 3.8) is 0 Å². The number of nitrogens with one attached hydrogen (secondary N) is 1. The highest BCUT2D eigenvalue weighted by molar-refractivity contribution is 7.91. The predicted octanol–water partition coefficient (Wildman–Crippen LogP) is 2.03. The highest BCUT2D eigenvalue weighted by Crippen LogP contribution is 2.27. The molecule has 26 heavy (non-hydrogen) atoms. The van der Waals surface area contributed by atoms with E-state index in [0.717, 1.165) is 5.69 Å². The molecule has 2 heterocycles. The fourth-order valence-electron chi connectivity index (χ4n) is 3.09. The lowest BCUT2D eigenvalue weighted by atomic mass is 10.2. The molecule has 140 valence electrons. The van der Waals surface area contributed by atoms with Gasteiger partial charge in [-0.3, -0.25) is 0 Å². The van der Waals surface area contributed by atoms with Gasteiger partial charge < -0.3 is 15.0 Å². The lowest BCUT2D eigenvalue weighted by Crippen LogP contribution is -2.37. The van der Waals surface area contributed by atoms with E-state index in [1.165, 1.54) is 0 Å². The molecule has 9 heteroatoms. The van der Waals surface area contributed by atoms with Gasteiger partial charge in [0.1, 0.15) is 5.75 Å². The molecular formula is C17H23N5O3S. The first kappa shape index (κ1) is 18.4. The zero-order valence-corrected chi connectivity index (χ0v) is 15.7. The van der Waals surface area contributed by atoms with Crippen LogP contribution in [-0.4, -0.2) is 54.3 Å². The van der Waals surface area contributed by atoms with E-state index in [9.17, 15) is 8.42 Å². The first-order chi connectivity index (χ1) is 12.5. The van der Waals surface area contributed by atoms with Crippen molar-refractivity contribution in [2.45, 2.75) is 26.3 Å². The fraction of sp³-hybridized carbons (Fsp3) is 0.471. The van der Waals surface area contributed by atoms with Crippen LogP contribution in [0.15, 0.2) is 30.5 Å². The standard InChI is InChI=1S/C17H23N5O3S/c1-3-22(13-9-10-26(23,24)12-13)16-11-18-21-17(20-16)19-14-7-5-6-8-15(14)25-4-2/h5-8,11,13H,3-4,9-10,12H2,1-2H3,(H,19,20,21). The van der Waals surface area contributed by atoms with Crippen LogP contribution in [0.3, 0.4) is 0 Å². The number of hydrogen-bond donors (Lipinski definition) is 1. The Labute approximate surface area is 153 Å². The van der Waals surface area contributed by atoms with Gasteiger partial charge in [0.2, 0.25) is 5.95 Å². The largest absolute Gasteiger partial charge is 0.492 e. The van der Waals surface area contributed by atoms with Crippen molar-refractivity contribution >= 4 is 27.3 Å². The Morgan fingerprint density at radius 3 is 2.81 bits per heavy atom. The molecule has 1 atom stereocenters. The van der Waals surface area contributed by atoms with Crippen molar-refractivity contribution in [3.05, 3.63) is 30.5 Å². The van der Waals surface area contributed by atoms with Gasteiger partial charge in [-0.2, -0.15) is 10.1 Å². The summed E-state index contributed by atoms with van der Waals surface area (Å²) in [5, 5.41) is 11.2. The molecule has 1 N–H and O–H groups in total. The molecule has 1 unspecified atom stereocenters. The summed E-state index contributed by atoms with van der Waals surface area (Å²) < 4.78 is 29.2. The molecule has 0 saturated carbocycles. The Morgan fingerprint density at radius 2 is 2.12 bits per heavy atom. The van der Waals surface area contributed by atoms with Crippen LogP contribution in [0.5, 0.6) is 5.75 Å². The summed E-state index contributed by atoms with van der Waals surface area (Å²) in [6.45, 7) is 5.10. The number of nitrogens with zero attached hydrogens (tertiary/aromatic N) is 4. The third-order valence-corrected chi connectivity index (χ3v) is 6.01. The Morgan fingerprint density at radius 1 is 1.31 bits per heavy atom. The minimum atomic E-state index is -2.97. The highest BCUT2D eigenvalue weighted by atomic mass is 32.2. The average molecular weight is 377 g/mol. The van der Waals surface area contributed by atoms with Crippen LogP contribution in [0.1, 0.15) is 20.3 Å². The van der Waals surface area contributed by atoms with E-state index in [2.05, 4.69) is 20.5 Å². The summed E-state index contributed by atoms with van der Waals surface area (Å²) in [5.41, 5.74) is 0.750. The van der Waals surface area contributed by atoms with Gasteiger partial charge in [0, 0.05) is 12.6 Å². The van der Waals surface area contributed by atoms with Gasteiger partial charge in [0.25, 0.3) is 0 Å². The monoisotopic (exact) mass is 377 g/mol. The van der Waals surface area contributed by atoms with Crippen molar-refractivity contribution in [2.75, 3.05) is 34.9 Å². The van der Waals surface area contributed by atoms with Crippen LogP contribution < -0.4 is 15.0 Å². The number of aromatic nitrogens is 3. The minimum absolute atomic E-state index is 0.0785. The maximum Gasteiger partial charge on any atom is 0.249 e. The number of rotatable bonds is 7. The summed E-state index contributed by atoms with van der Waals surface area (Å²) in [4.78, 5) is 6.49. The van der Waals surface area contributed by atoms with Crippen LogP contribution >= 0.6 is 0 Å². The molecule has 0 amide bonds. The minimum Gasteiger partial charge on any atom is -0.492 e. The average Bonchev–Trinajstić information content (AvgIpc) is 2.98. The molecule has 1 aliphatic heterocycles. The van der Waals surface area contributed by atoms with Crippen LogP contribution in [-0.2, 0) is 9.84 Å². The number of benzene rings is 1. The van der Waals surface area contributed by atoms with Crippen molar-refractivity contribution in [2.24, 2.45) is 0 Å². The molecule has 3 rings (SSSR count). The first-order valence-electron chi connectivity index (χ1n) is 8.68. The molecule has 1 aromatic carbocycles. The lowest BCUT2D eigenvalue weighted by molar-refractivity contribution is 0.342. The number of sulfone groups is 1. The van der Waals surface area contributed by atoms with Gasteiger partial charge in [0.15, 0.2) is 15.7 Å². The normalized spacial score (nSPS) is 18.5. The highest BCUT2D eigenvalue weighted by Gasteiger charge is 2.32. The molecule has 1 saturated heterocycles. The van der Waals surface area contributed by atoms with E-state index in [4.69, 9.17) is 4.74 Å². The topological polar surface area (TPSA) is 97.3 Å². The number of para-hydroxylation sites is 2. The molecule has 0 radical (unpaired) electrons. The van der Waals surface area contributed by atoms with E-state index in [-0.39, 0.29) is 17.5 Å². The molecule has 1 aliphatic rings. The summed E-state index contributed by atoms with van der Waals surface area (Å²) in [7, 11) is -2.97. The van der Waals surface area contributed by atoms with Crippen LogP contribution in [0, 0.1) is 0 Å². The number of anilines is 3. The molecule has 2 aromatic rings. The molecule has 0 spiro atoms. The van der Waals surface area contributed by atoms with Crippen LogP contribution in [0.2, 0.25) is 0 Å². The van der Waals surface area contributed by atoms with Gasteiger partial charge in [-0.25, -0.2) is 8.42 Å². The second-order valence-electron chi connectivity index (χ2n) is 6.04. The van der Waals surface area contributed by atoms with Crippen molar-refractivity contribution in [1.29, 1.82) is 0 Å². The van der Waals surface area contributed by atoms with E-state index >= 15 is 0 Å². The lowest BCUT2D eigenvalue weighted by Gasteiger charge is -2.27. The number of ether oxygens (including phenoxy) is 1. The Bertz CT molecular complexity index is 859. The molecular weight excluding hydrogens is 354 g/mol. The zero-order valence-electron chi connectivity index (χ0n) is 14.9. The Kier molecular flexibility index (Phi) is 5.55. The molecule has 1 fully saturated rings. The molecule has 0 bridgehead atoms. The third kappa shape index (κ3) is 4.21.